The van der Waals surface area contributed by atoms with Crippen LogP contribution < -0.4 is 6.15 Å². The second-order valence-corrected chi connectivity index (χ2v) is 1.34. The Bertz CT molecular complexity index is 98.1. The third-order valence-electron chi connectivity index (χ3n) is 0. The van der Waals surface area contributed by atoms with Gasteiger partial charge >= 0.3 is 10.4 Å². The molecule has 0 aliphatic rings. The van der Waals surface area contributed by atoms with Gasteiger partial charge in [-0.1, -0.05) is 0 Å². The lowest BCUT2D eigenvalue weighted by Gasteiger charge is -1.68. The maximum atomic E-state index is 8.74. The Morgan fingerprint density at radius 3 is 0.692 bits per heavy atom. The Morgan fingerprint density at radius 2 is 0.692 bits per heavy atom. The van der Waals surface area contributed by atoms with Crippen LogP contribution in [0.1, 0.15) is 0 Å². The number of hydrogen-bond acceptors (Lipinski definition) is 3. The van der Waals surface area contributed by atoms with Crippen LogP contribution in [0.3, 0.4) is 0 Å². The zero-order valence-corrected chi connectivity index (χ0v) is 6.64. The van der Waals surface area contributed by atoms with Gasteiger partial charge in [0.15, 0.2) is 17.4 Å². The number of hydrogen-bond donors (Lipinski definition) is 3. The topological polar surface area (TPSA) is 299 Å². The molecule has 0 aliphatic carbocycles. The average molecular weight is 253 g/mol. The normalized spacial score (nSPS) is 4.46. The Balaban J connectivity index is -0.00000000286. The summed E-state index contributed by atoms with van der Waals surface area (Å²) < 4.78 is 31.6. The summed E-state index contributed by atoms with van der Waals surface area (Å²) >= 11 is 0. The van der Waals surface area contributed by atoms with Crippen molar-refractivity contribution in [2.75, 3.05) is 0 Å². The molecule has 13 heavy (non-hydrogen) atoms. The Labute approximate surface area is 84.9 Å². The second kappa shape index (κ2) is 40.0. The predicted molar refractivity (Wildman–Crippen MR) is 50.8 cm³/mol. The predicted octanol–water partition coefficient (Wildman–Crippen LogP) is -6.62. The summed E-state index contributed by atoms with van der Waals surface area (Å²) in [6.45, 7) is 0. The van der Waals surface area contributed by atoms with Gasteiger partial charge in [-0.2, -0.15) is 8.42 Å². The van der Waals surface area contributed by atoms with Gasteiger partial charge in [-0.25, -0.2) is 0 Å². The Kier molecular flexibility index (Phi) is 349. The number of rotatable bonds is 0. The van der Waals surface area contributed by atoms with Crippen molar-refractivity contribution in [1.82, 2.24) is 6.15 Å². The van der Waals surface area contributed by atoms with Crippen molar-refractivity contribution in [2.45, 2.75) is 0 Å². The summed E-state index contributed by atoms with van der Waals surface area (Å²) in [4.78, 5) is 0. The SMILES string of the molecule is N.O.O.O.O.O.O.O=S(=O)(O)O.[AlH3]. The van der Waals surface area contributed by atoms with Crippen molar-refractivity contribution in [3.63, 3.8) is 0 Å². The van der Waals surface area contributed by atoms with Crippen molar-refractivity contribution in [3.8, 4) is 0 Å². The first-order valence-electron chi connectivity index (χ1n) is 0.698. The molecule has 0 saturated carbocycles. The van der Waals surface area contributed by atoms with E-state index in [4.69, 9.17) is 17.5 Å². The molecule has 0 unspecified atom stereocenters. The van der Waals surface area contributed by atoms with Crippen molar-refractivity contribution >= 4 is 27.8 Å². The van der Waals surface area contributed by atoms with E-state index in [1.165, 1.54) is 0 Å². The van der Waals surface area contributed by atoms with E-state index < -0.39 is 10.4 Å². The highest BCUT2D eigenvalue weighted by atomic mass is 32.3. The van der Waals surface area contributed by atoms with Crippen LogP contribution in [-0.2, 0) is 10.4 Å². The zero-order valence-electron chi connectivity index (χ0n) is 5.83. The maximum Gasteiger partial charge on any atom is 0.394 e. The van der Waals surface area contributed by atoms with E-state index in [0.717, 1.165) is 0 Å². The first kappa shape index (κ1) is 113. The fourth-order valence-electron chi connectivity index (χ4n) is 0. The van der Waals surface area contributed by atoms with Crippen LogP contribution in [0.25, 0.3) is 0 Å². The highest BCUT2D eigenvalue weighted by Gasteiger charge is 1.84. The van der Waals surface area contributed by atoms with E-state index >= 15 is 0 Å². The fraction of sp³-hybridized carbons (Fsp3) is 0. The molecule has 0 heterocycles. The largest absolute Gasteiger partial charge is 0.412 e. The lowest BCUT2D eigenvalue weighted by molar-refractivity contribution is 0.381. The van der Waals surface area contributed by atoms with Crippen LogP contribution in [0.15, 0.2) is 0 Å². The van der Waals surface area contributed by atoms with Crippen LogP contribution in [-0.4, -0.2) is 67.7 Å². The molecule has 0 spiro atoms. The minimum Gasteiger partial charge on any atom is -0.412 e. The molecule has 11 nitrogen and oxygen atoms in total. The van der Waals surface area contributed by atoms with E-state index in [1.54, 1.807) is 0 Å². The summed E-state index contributed by atoms with van der Waals surface area (Å²) in [5.74, 6) is 0. The third kappa shape index (κ3) is 82800. The summed E-state index contributed by atoms with van der Waals surface area (Å²) in [5.41, 5.74) is 0. The fourth-order valence-corrected chi connectivity index (χ4v) is 0. The summed E-state index contributed by atoms with van der Waals surface area (Å²) in [7, 11) is -4.67. The highest BCUT2D eigenvalue weighted by molar-refractivity contribution is 7.79. The quantitative estimate of drug-likeness (QED) is 0.279. The molecule has 0 aromatic heterocycles. The van der Waals surface area contributed by atoms with Crippen molar-refractivity contribution in [1.29, 1.82) is 0 Å². The molecule has 0 aliphatic heterocycles. The first-order valence-corrected chi connectivity index (χ1v) is 2.10. The van der Waals surface area contributed by atoms with E-state index in [9.17, 15) is 0 Å². The Hall–Kier alpha value is 0.122. The van der Waals surface area contributed by atoms with Crippen LogP contribution in [0.2, 0.25) is 0 Å². The Morgan fingerprint density at radius 1 is 0.692 bits per heavy atom. The monoisotopic (exact) mass is 253 g/mol. The minimum atomic E-state index is -4.67. The van der Waals surface area contributed by atoms with Crippen molar-refractivity contribution in [3.05, 3.63) is 0 Å². The molecular formula is H20AlNO10S. The van der Waals surface area contributed by atoms with Gasteiger partial charge in [0, 0.05) is 0 Å². The lowest BCUT2D eigenvalue weighted by atomic mass is 14.0. The molecule has 13 heteroatoms. The highest BCUT2D eigenvalue weighted by Crippen LogP contribution is 1.59. The maximum absolute atomic E-state index is 8.74. The van der Waals surface area contributed by atoms with Gasteiger partial charge in [0.2, 0.25) is 0 Å². The van der Waals surface area contributed by atoms with Crippen LogP contribution in [0.5, 0.6) is 0 Å². The van der Waals surface area contributed by atoms with Gasteiger partial charge in [0.1, 0.15) is 0 Å². The summed E-state index contributed by atoms with van der Waals surface area (Å²) in [5, 5.41) is 0. The zero-order chi connectivity index (χ0) is 4.50. The minimum absolute atomic E-state index is 0. The molecule has 17 N–H and O–H groups in total. The summed E-state index contributed by atoms with van der Waals surface area (Å²) in [6, 6.07) is 0. The van der Waals surface area contributed by atoms with Gasteiger partial charge < -0.3 is 39.0 Å². The molecule has 0 aromatic rings. The molecule has 0 bridgehead atoms. The van der Waals surface area contributed by atoms with Crippen LogP contribution in [0, 0.1) is 0 Å². The standard InChI is InChI=1S/Al.H3N.H2O4S.6H2O.3H/c;;1-5(2,3)4;;;;;;;;;/h;1H3;(H2,1,2,3,4);6*1H2;;;. The molecule has 94 valence electrons. The molecule has 0 amide bonds. The van der Waals surface area contributed by atoms with Crippen molar-refractivity contribution < 1.29 is 50.4 Å². The van der Waals surface area contributed by atoms with Gasteiger partial charge in [-0.05, 0) is 0 Å². The molecule has 0 radical (unpaired) electrons. The van der Waals surface area contributed by atoms with E-state index in [2.05, 4.69) is 0 Å². The van der Waals surface area contributed by atoms with Crippen molar-refractivity contribution in [2.24, 2.45) is 0 Å². The van der Waals surface area contributed by atoms with E-state index in [1.807, 2.05) is 0 Å². The third-order valence-corrected chi connectivity index (χ3v) is 0. The lowest BCUT2D eigenvalue weighted by Crippen LogP contribution is -1.89. The molecule has 0 aromatic carbocycles. The molecule has 0 saturated heterocycles. The first-order chi connectivity index (χ1) is 2.00. The van der Waals surface area contributed by atoms with E-state index in [0.29, 0.717) is 0 Å². The van der Waals surface area contributed by atoms with E-state index in [-0.39, 0.29) is 56.4 Å². The van der Waals surface area contributed by atoms with Gasteiger partial charge in [-0.3, -0.25) is 9.11 Å². The average Bonchev–Trinajstić information content (AvgIpc) is 0.722. The molecule has 0 rings (SSSR count). The van der Waals surface area contributed by atoms with Gasteiger partial charge in [0.05, 0.1) is 0 Å². The van der Waals surface area contributed by atoms with Gasteiger partial charge in [0.25, 0.3) is 0 Å². The molecule has 0 atom stereocenters. The van der Waals surface area contributed by atoms with Crippen LogP contribution in [0.4, 0.5) is 0 Å². The molecule has 0 fully saturated rings. The van der Waals surface area contributed by atoms with Crippen LogP contribution >= 0.6 is 0 Å². The summed E-state index contributed by atoms with van der Waals surface area (Å²) in [6.07, 6.45) is 0. The smallest absolute Gasteiger partial charge is 0.394 e. The molecular weight excluding hydrogens is 233 g/mol. The second-order valence-electron chi connectivity index (χ2n) is 0.448. The van der Waals surface area contributed by atoms with Gasteiger partial charge in [-0.15, -0.1) is 0 Å².